The Morgan fingerprint density at radius 2 is 1.92 bits per heavy atom. The van der Waals surface area contributed by atoms with Gasteiger partial charge in [0.05, 0.1) is 0 Å². The van der Waals surface area contributed by atoms with Crippen LogP contribution in [-0.2, 0) is 4.79 Å². The van der Waals surface area contributed by atoms with Gasteiger partial charge >= 0.3 is 0 Å². The molecule has 1 saturated carbocycles. The molecule has 1 fully saturated rings. The lowest BCUT2D eigenvalue weighted by Crippen LogP contribution is -2.17. The van der Waals surface area contributed by atoms with Crippen molar-refractivity contribution in [1.29, 1.82) is 0 Å². The summed E-state index contributed by atoms with van der Waals surface area (Å²) >= 11 is 0. The number of rotatable bonds is 2. The molecule has 1 aliphatic carbocycles. The van der Waals surface area contributed by atoms with Gasteiger partial charge in [-0.15, -0.1) is 0 Å². The Bertz CT molecular complexity index is 202. The van der Waals surface area contributed by atoms with Crippen LogP contribution in [0.5, 0.6) is 0 Å². The van der Waals surface area contributed by atoms with E-state index in [1.807, 2.05) is 0 Å². The van der Waals surface area contributed by atoms with Crippen molar-refractivity contribution in [3.8, 4) is 0 Å². The highest BCUT2D eigenvalue weighted by Crippen LogP contribution is 2.29. The van der Waals surface area contributed by atoms with Gasteiger partial charge in [0.2, 0.25) is 5.91 Å². The number of amides is 1. The van der Waals surface area contributed by atoms with Gasteiger partial charge in [-0.1, -0.05) is 24.8 Å². The second-order valence-corrected chi connectivity index (χ2v) is 3.84. The molecule has 13 heavy (non-hydrogen) atoms. The summed E-state index contributed by atoms with van der Waals surface area (Å²) in [7, 11) is 1.67. The lowest BCUT2D eigenvalue weighted by atomic mass is 9.84. The van der Waals surface area contributed by atoms with Crippen LogP contribution in [-0.4, -0.2) is 13.0 Å². The minimum Gasteiger partial charge on any atom is -0.356 e. The van der Waals surface area contributed by atoms with Crippen LogP contribution in [0.1, 0.15) is 39.0 Å². The lowest BCUT2D eigenvalue weighted by Gasteiger charge is -2.22. The molecule has 0 radical (unpaired) electrons. The maximum absolute atomic E-state index is 11.1. The zero-order valence-corrected chi connectivity index (χ0v) is 8.60. The van der Waals surface area contributed by atoms with Gasteiger partial charge in [-0.2, -0.15) is 0 Å². The molecule has 74 valence electrons. The van der Waals surface area contributed by atoms with Crippen LogP contribution >= 0.6 is 0 Å². The first-order valence-electron chi connectivity index (χ1n) is 5.14. The highest BCUT2D eigenvalue weighted by atomic mass is 16.1. The van der Waals surface area contributed by atoms with Crippen molar-refractivity contribution in [2.24, 2.45) is 5.92 Å². The second kappa shape index (κ2) is 5.05. The lowest BCUT2D eigenvalue weighted by molar-refractivity contribution is -0.116. The van der Waals surface area contributed by atoms with E-state index in [2.05, 4.69) is 12.2 Å². The van der Waals surface area contributed by atoms with Crippen molar-refractivity contribution in [2.75, 3.05) is 7.05 Å². The van der Waals surface area contributed by atoms with E-state index in [1.54, 1.807) is 13.1 Å². The molecular weight excluding hydrogens is 162 g/mol. The molecule has 0 aromatic rings. The van der Waals surface area contributed by atoms with Crippen molar-refractivity contribution in [3.05, 3.63) is 11.6 Å². The molecule has 1 rings (SSSR count). The van der Waals surface area contributed by atoms with E-state index < -0.39 is 0 Å². The fourth-order valence-corrected chi connectivity index (χ4v) is 1.95. The zero-order chi connectivity index (χ0) is 9.68. The van der Waals surface area contributed by atoms with E-state index >= 15 is 0 Å². The number of nitrogens with one attached hydrogen (secondary N) is 1. The van der Waals surface area contributed by atoms with E-state index in [1.165, 1.54) is 37.7 Å². The van der Waals surface area contributed by atoms with Gasteiger partial charge < -0.3 is 5.32 Å². The summed E-state index contributed by atoms with van der Waals surface area (Å²) in [6.45, 7) is 2.07. The predicted octanol–water partition coefficient (Wildman–Crippen LogP) is 2.26. The normalized spacial score (nSPS) is 20.0. The molecule has 1 amide bonds. The van der Waals surface area contributed by atoms with E-state index in [-0.39, 0.29) is 5.91 Å². The average molecular weight is 181 g/mol. The summed E-state index contributed by atoms with van der Waals surface area (Å²) in [6.07, 6.45) is 8.28. The Labute approximate surface area is 80.4 Å². The first kappa shape index (κ1) is 10.3. The Balaban J connectivity index is 2.49. The summed E-state index contributed by atoms with van der Waals surface area (Å²) in [6, 6.07) is 0. The number of hydrogen-bond acceptors (Lipinski definition) is 1. The zero-order valence-electron chi connectivity index (χ0n) is 8.60. The maximum atomic E-state index is 11.1. The molecule has 0 spiro atoms. The maximum Gasteiger partial charge on any atom is 0.243 e. The van der Waals surface area contributed by atoms with Crippen LogP contribution in [0.25, 0.3) is 0 Å². The molecule has 0 aromatic carbocycles. The number of carbonyl (C=O) groups excluding carboxylic acids is 1. The number of hydrogen-bond donors (Lipinski definition) is 1. The van der Waals surface area contributed by atoms with Crippen molar-refractivity contribution < 1.29 is 4.79 Å². The van der Waals surface area contributed by atoms with Gasteiger partial charge in [-0.05, 0) is 25.7 Å². The molecule has 1 aliphatic rings. The van der Waals surface area contributed by atoms with Gasteiger partial charge in [-0.3, -0.25) is 4.79 Å². The van der Waals surface area contributed by atoms with Crippen molar-refractivity contribution in [1.82, 2.24) is 5.32 Å². The van der Waals surface area contributed by atoms with Gasteiger partial charge in [0.15, 0.2) is 0 Å². The van der Waals surface area contributed by atoms with Crippen molar-refractivity contribution in [3.63, 3.8) is 0 Å². The van der Waals surface area contributed by atoms with E-state index in [4.69, 9.17) is 0 Å². The summed E-state index contributed by atoms with van der Waals surface area (Å²) in [5.41, 5.74) is 1.25. The SMILES string of the molecule is CNC(=O)/C=C(/C)C1CCCCC1. The Kier molecular flexibility index (Phi) is 4.00. The third-order valence-electron chi connectivity index (χ3n) is 2.85. The van der Waals surface area contributed by atoms with Crippen LogP contribution in [0, 0.1) is 5.92 Å². The molecule has 0 heterocycles. The first-order valence-corrected chi connectivity index (χ1v) is 5.14. The molecule has 2 heteroatoms. The molecule has 0 saturated heterocycles. The number of carbonyl (C=O) groups is 1. The summed E-state index contributed by atoms with van der Waals surface area (Å²) in [5.74, 6) is 0.689. The minimum absolute atomic E-state index is 0.0306. The predicted molar refractivity (Wildman–Crippen MR) is 54.4 cm³/mol. The van der Waals surface area contributed by atoms with Crippen LogP contribution in [0.3, 0.4) is 0 Å². The summed E-state index contributed by atoms with van der Waals surface area (Å²) < 4.78 is 0. The average Bonchev–Trinajstić information content (AvgIpc) is 2.19. The van der Waals surface area contributed by atoms with Gasteiger partial charge in [0.25, 0.3) is 0 Å². The van der Waals surface area contributed by atoms with E-state index in [0.29, 0.717) is 5.92 Å². The molecule has 0 atom stereocenters. The Morgan fingerprint density at radius 3 is 2.46 bits per heavy atom. The minimum atomic E-state index is 0.0306. The van der Waals surface area contributed by atoms with Crippen LogP contribution in [0.4, 0.5) is 0 Å². The topological polar surface area (TPSA) is 29.1 Å². The number of allylic oxidation sites excluding steroid dienone is 1. The smallest absolute Gasteiger partial charge is 0.243 e. The summed E-state index contributed by atoms with van der Waals surface area (Å²) in [5, 5.41) is 2.62. The highest BCUT2D eigenvalue weighted by molar-refractivity contribution is 5.87. The van der Waals surface area contributed by atoms with Crippen LogP contribution < -0.4 is 5.32 Å². The second-order valence-electron chi connectivity index (χ2n) is 3.84. The van der Waals surface area contributed by atoms with Crippen LogP contribution in [0.2, 0.25) is 0 Å². The third kappa shape index (κ3) is 3.21. The largest absolute Gasteiger partial charge is 0.356 e. The monoisotopic (exact) mass is 181 g/mol. The van der Waals surface area contributed by atoms with E-state index in [0.717, 1.165) is 0 Å². The van der Waals surface area contributed by atoms with Crippen LogP contribution in [0.15, 0.2) is 11.6 Å². The fourth-order valence-electron chi connectivity index (χ4n) is 1.95. The Morgan fingerprint density at radius 1 is 1.31 bits per heavy atom. The van der Waals surface area contributed by atoms with E-state index in [9.17, 15) is 4.79 Å². The highest BCUT2D eigenvalue weighted by Gasteiger charge is 2.15. The van der Waals surface area contributed by atoms with Crippen molar-refractivity contribution in [2.45, 2.75) is 39.0 Å². The molecule has 0 aromatic heterocycles. The number of likely N-dealkylation sites (N-methyl/N-ethyl adjacent to an activating group) is 1. The fraction of sp³-hybridized carbons (Fsp3) is 0.727. The molecule has 1 N–H and O–H groups in total. The molecule has 2 nitrogen and oxygen atoms in total. The van der Waals surface area contributed by atoms with Gasteiger partial charge in [0.1, 0.15) is 0 Å². The molecule has 0 aliphatic heterocycles. The first-order chi connectivity index (χ1) is 6.24. The van der Waals surface area contributed by atoms with Gasteiger partial charge in [-0.25, -0.2) is 0 Å². The standard InChI is InChI=1S/C11H19NO/c1-9(8-11(13)12-2)10-6-4-3-5-7-10/h8,10H,3-7H2,1-2H3,(H,12,13)/b9-8-. The third-order valence-corrected chi connectivity index (χ3v) is 2.85. The van der Waals surface area contributed by atoms with Crippen molar-refractivity contribution >= 4 is 5.91 Å². The van der Waals surface area contributed by atoms with Gasteiger partial charge in [0, 0.05) is 13.1 Å². The molecular formula is C11H19NO. The molecule has 0 bridgehead atoms. The molecule has 0 unspecified atom stereocenters. The summed E-state index contributed by atoms with van der Waals surface area (Å²) in [4.78, 5) is 11.1. The quantitative estimate of drug-likeness (QED) is 0.650. The Hall–Kier alpha value is -0.790.